The molecule has 0 amide bonds. The molecule has 0 aromatic heterocycles. The average molecular weight is 338 g/mol. The Morgan fingerprint density at radius 2 is 1.96 bits per heavy atom. The topological polar surface area (TPSA) is 37.3 Å². The summed E-state index contributed by atoms with van der Waals surface area (Å²) in [5, 5.41) is 9.71. The quantitative estimate of drug-likeness (QED) is 0.769. The largest absolute Gasteiger partial charge is 0.481 e. The summed E-state index contributed by atoms with van der Waals surface area (Å²) in [6, 6.07) is 5.49. The highest BCUT2D eigenvalue weighted by molar-refractivity contribution is 5.78. The first-order chi connectivity index (χ1) is 11.3. The third-order valence-corrected chi connectivity index (χ3v) is 4.62. The molecule has 2 unspecified atom stereocenters. The molecule has 0 fully saturated rings. The first kappa shape index (κ1) is 18.3. The van der Waals surface area contributed by atoms with E-state index >= 15 is 0 Å². The second kappa shape index (κ2) is 7.24. The molecule has 0 saturated heterocycles. The van der Waals surface area contributed by atoms with Gasteiger partial charge in [0.25, 0.3) is 0 Å². The van der Waals surface area contributed by atoms with E-state index in [9.17, 15) is 23.1 Å². The monoisotopic (exact) mass is 338 g/mol. The van der Waals surface area contributed by atoms with Crippen molar-refractivity contribution in [3.63, 3.8) is 0 Å². The van der Waals surface area contributed by atoms with Crippen LogP contribution in [0.5, 0.6) is 0 Å². The highest BCUT2D eigenvalue weighted by atomic mass is 19.4. The lowest BCUT2D eigenvalue weighted by Crippen LogP contribution is -2.37. The van der Waals surface area contributed by atoms with Crippen molar-refractivity contribution in [1.82, 2.24) is 0 Å². The molecule has 2 rings (SSSR count). The fourth-order valence-electron chi connectivity index (χ4n) is 3.42. The summed E-state index contributed by atoms with van der Waals surface area (Å²) < 4.78 is 39.3. The summed E-state index contributed by atoms with van der Waals surface area (Å²) in [7, 11) is 0. The van der Waals surface area contributed by atoms with Gasteiger partial charge in [0.1, 0.15) is 0 Å². The SMILES string of the molecule is CCCC1(C(=O)O)C=CC=CC1CCc1ccccc1C(F)(F)F. The van der Waals surface area contributed by atoms with Crippen molar-refractivity contribution in [2.24, 2.45) is 11.3 Å². The molecule has 24 heavy (non-hydrogen) atoms. The van der Waals surface area contributed by atoms with Gasteiger partial charge in [0.05, 0.1) is 11.0 Å². The van der Waals surface area contributed by atoms with Gasteiger partial charge in [-0.25, -0.2) is 0 Å². The second-order valence-corrected chi connectivity index (χ2v) is 6.14. The number of allylic oxidation sites excluding steroid dienone is 3. The molecule has 1 aliphatic rings. The van der Waals surface area contributed by atoms with Crippen LogP contribution in [0.3, 0.4) is 0 Å². The Morgan fingerprint density at radius 1 is 1.25 bits per heavy atom. The number of hydrogen-bond acceptors (Lipinski definition) is 1. The van der Waals surface area contributed by atoms with Crippen molar-refractivity contribution in [3.05, 3.63) is 59.7 Å². The summed E-state index contributed by atoms with van der Waals surface area (Å²) in [5.41, 5.74) is -1.46. The molecule has 0 bridgehead atoms. The molecule has 0 aliphatic heterocycles. The van der Waals surface area contributed by atoms with Gasteiger partial charge in [-0.3, -0.25) is 4.79 Å². The Morgan fingerprint density at radius 3 is 2.58 bits per heavy atom. The highest BCUT2D eigenvalue weighted by Crippen LogP contribution is 2.42. The predicted molar refractivity (Wildman–Crippen MR) is 86.5 cm³/mol. The lowest BCUT2D eigenvalue weighted by atomic mass is 9.68. The fraction of sp³-hybridized carbons (Fsp3) is 0.421. The second-order valence-electron chi connectivity index (χ2n) is 6.14. The smallest absolute Gasteiger partial charge is 0.416 e. The van der Waals surface area contributed by atoms with E-state index in [1.807, 2.05) is 6.92 Å². The van der Waals surface area contributed by atoms with Crippen LogP contribution in [0.15, 0.2) is 48.6 Å². The zero-order valence-corrected chi connectivity index (χ0v) is 13.5. The van der Waals surface area contributed by atoms with E-state index in [1.54, 1.807) is 30.4 Å². The fourth-order valence-corrected chi connectivity index (χ4v) is 3.42. The van der Waals surface area contributed by atoms with Gasteiger partial charge in [-0.2, -0.15) is 13.2 Å². The van der Waals surface area contributed by atoms with Crippen LogP contribution in [0.25, 0.3) is 0 Å². The van der Waals surface area contributed by atoms with Gasteiger partial charge < -0.3 is 5.11 Å². The number of benzene rings is 1. The Labute approximate surface area is 139 Å². The lowest BCUT2D eigenvalue weighted by Gasteiger charge is -2.35. The molecule has 1 N–H and O–H groups in total. The van der Waals surface area contributed by atoms with Crippen molar-refractivity contribution in [3.8, 4) is 0 Å². The number of aliphatic carboxylic acids is 1. The number of hydrogen-bond donors (Lipinski definition) is 1. The average Bonchev–Trinajstić information content (AvgIpc) is 2.53. The molecule has 1 aromatic carbocycles. The third-order valence-electron chi connectivity index (χ3n) is 4.62. The standard InChI is InChI=1S/C19H21F3O2/c1-2-12-18(17(23)24)13-6-5-8-15(18)11-10-14-7-3-4-9-16(14)19(20,21)22/h3-9,13,15H,2,10-12H2,1H3,(H,23,24). The molecule has 2 nitrogen and oxygen atoms in total. The van der Waals surface area contributed by atoms with Gasteiger partial charge in [-0.05, 0) is 36.8 Å². The normalized spacial score (nSPS) is 23.4. The third kappa shape index (κ3) is 3.71. The van der Waals surface area contributed by atoms with E-state index in [0.717, 1.165) is 6.07 Å². The van der Waals surface area contributed by atoms with Crippen LogP contribution >= 0.6 is 0 Å². The van der Waals surface area contributed by atoms with Gasteiger partial charge in [-0.1, -0.05) is 55.8 Å². The van der Waals surface area contributed by atoms with Gasteiger partial charge in [0, 0.05) is 0 Å². The van der Waals surface area contributed by atoms with Crippen molar-refractivity contribution in [1.29, 1.82) is 0 Å². The highest BCUT2D eigenvalue weighted by Gasteiger charge is 2.42. The Hall–Kier alpha value is -2.04. The van der Waals surface area contributed by atoms with E-state index in [0.29, 0.717) is 19.3 Å². The number of alkyl halides is 3. The molecule has 1 aliphatic carbocycles. The minimum atomic E-state index is -4.40. The molecular weight excluding hydrogens is 317 g/mol. The number of carboxylic acids is 1. The minimum absolute atomic E-state index is 0.192. The van der Waals surface area contributed by atoms with Gasteiger partial charge >= 0.3 is 12.1 Å². The summed E-state index contributed by atoms with van der Waals surface area (Å²) in [4.78, 5) is 11.8. The Bertz CT molecular complexity index is 646. The summed E-state index contributed by atoms with van der Waals surface area (Å²) in [5.74, 6) is -1.24. The molecule has 0 spiro atoms. The van der Waals surface area contributed by atoms with Gasteiger partial charge in [0.15, 0.2) is 0 Å². The van der Waals surface area contributed by atoms with E-state index in [2.05, 4.69) is 0 Å². The minimum Gasteiger partial charge on any atom is -0.481 e. The van der Waals surface area contributed by atoms with Crippen LogP contribution in [0.2, 0.25) is 0 Å². The number of carbonyl (C=O) groups is 1. The Balaban J connectivity index is 2.23. The maximum Gasteiger partial charge on any atom is 0.416 e. The number of aryl methyl sites for hydroxylation is 1. The molecule has 1 aromatic rings. The molecular formula is C19H21F3O2. The van der Waals surface area contributed by atoms with E-state index in [-0.39, 0.29) is 17.9 Å². The first-order valence-corrected chi connectivity index (χ1v) is 8.06. The molecule has 0 heterocycles. The molecule has 0 saturated carbocycles. The van der Waals surface area contributed by atoms with Crippen molar-refractivity contribution in [2.75, 3.05) is 0 Å². The number of rotatable bonds is 6. The number of halogens is 3. The van der Waals surface area contributed by atoms with Crippen LogP contribution in [0.4, 0.5) is 13.2 Å². The first-order valence-electron chi connectivity index (χ1n) is 8.06. The predicted octanol–water partition coefficient (Wildman–Crippen LogP) is 5.25. The number of carboxylic acid groups (broad SMARTS) is 1. The zero-order valence-electron chi connectivity index (χ0n) is 13.5. The summed E-state index contributed by atoms with van der Waals surface area (Å²) in [6.07, 6.45) is 4.29. The summed E-state index contributed by atoms with van der Waals surface area (Å²) in [6.45, 7) is 1.91. The van der Waals surface area contributed by atoms with Crippen LogP contribution in [0, 0.1) is 11.3 Å². The maximum atomic E-state index is 13.1. The summed E-state index contributed by atoms with van der Waals surface area (Å²) >= 11 is 0. The lowest BCUT2D eigenvalue weighted by molar-refractivity contribution is -0.149. The van der Waals surface area contributed by atoms with E-state index in [1.165, 1.54) is 12.1 Å². The van der Waals surface area contributed by atoms with E-state index < -0.39 is 23.1 Å². The maximum absolute atomic E-state index is 13.1. The molecule has 0 radical (unpaired) electrons. The van der Waals surface area contributed by atoms with Crippen LogP contribution < -0.4 is 0 Å². The van der Waals surface area contributed by atoms with E-state index in [4.69, 9.17) is 0 Å². The van der Waals surface area contributed by atoms with Gasteiger partial charge in [0.2, 0.25) is 0 Å². The zero-order chi connectivity index (χ0) is 17.8. The molecule has 130 valence electrons. The molecule has 5 heteroatoms. The van der Waals surface area contributed by atoms with Crippen LogP contribution in [0.1, 0.15) is 37.3 Å². The van der Waals surface area contributed by atoms with Crippen molar-refractivity contribution < 1.29 is 23.1 Å². The van der Waals surface area contributed by atoms with Crippen molar-refractivity contribution in [2.45, 2.75) is 38.8 Å². The van der Waals surface area contributed by atoms with Crippen LogP contribution in [-0.4, -0.2) is 11.1 Å². The van der Waals surface area contributed by atoms with Crippen molar-refractivity contribution >= 4 is 5.97 Å². The van der Waals surface area contributed by atoms with Gasteiger partial charge in [-0.15, -0.1) is 0 Å². The molecule has 2 atom stereocenters. The van der Waals surface area contributed by atoms with Crippen LogP contribution in [-0.2, 0) is 17.4 Å². The Kier molecular flexibility index (Phi) is 5.52.